The molecule has 0 spiro atoms. The van der Waals surface area contributed by atoms with Crippen molar-refractivity contribution < 1.29 is 22.3 Å². The predicted molar refractivity (Wildman–Crippen MR) is 103 cm³/mol. The van der Waals surface area contributed by atoms with Crippen LogP contribution < -0.4 is 14.5 Å². The molecule has 2 aliphatic rings. The van der Waals surface area contributed by atoms with Gasteiger partial charge in [0.25, 0.3) is 0 Å². The lowest BCUT2D eigenvalue weighted by Crippen LogP contribution is -2.36. The molecule has 2 fully saturated rings. The largest absolute Gasteiger partial charge is 0.442 e. The van der Waals surface area contributed by atoms with Crippen molar-refractivity contribution in [2.45, 2.75) is 25.1 Å². The van der Waals surface area contributed by atoms with Crippen LogP contribution in [0.15, 0.2) is 30.6 Å². The normalized spacial score (nSPS) is 22.3. The van der Waals surface area contributed by atoms with Crippen LogP contribution in [-0.4, -0.2) is 67.5 Å². The van der Waals surface area contributed by atoms with E-state index in [1.165, 1.54) is 17.2 Å². The van der Waals surface area contributed by atoms with E-state index in [0.29, 0.717) is 37.4 Å². The molecule has 1 aromatic carbocycles. The molecule has 1 amide bonds. The Labute approximate surface area is 167 Å². The van der Waals surface area contributed by atoms with Crippen molar-refractivity contribution in [1.82, 2.24) is 19.7 Å². The van der Waals surface area contributed by atoms with Crippen molar-refractivity contribution in [2.75, 3.05) is 35.7 Å². The number of hydrogen-bond acceptors (Lipinski definition) is 7. The second-order valence-electron chi connectivity index (χ2n) is 7.20. The molecule has 0 aliphatic carbocycles. The maximum absolute atomic E-state index is 14.8. The van der Waals surface area contributed by atoms with Crippen molar-refractivity contribution in [3.8, 4) is 0 Å². The van der Waals surface area contributed by atoms with Crippen LogP contribution in [0.2, 0.25) is 0 Å². The Morgan fingerprint density at radius 3 is 2.86 bits per heavy atom. The third-order valence-electron chi connectivity index (χ3n) is 4.89. The first-order chi connectivity index (χ1) is 13.8. The van der Waals surface area contributed by atoms with Gasteiger partial charge in [-0.15, -0.1) is 5.10 Å². The maximum atomic E-state index is 14.8. The summed E-state index contributed by atoms with van der Waals surface area (Å²) in [6, 6.07) is 4.31. The SMILES string of the molecule is CS(=O)(=O)N[C@H]1CCN(c2ccc(N3C[C@H](Cn4ccnn4)OC3=O)cc2F)C1. The number of anilines is 2. The molecule has 1 N–H and O–H groups in total. The van der Waals surface area contributed by atoms with Crippen LogP contribution in [0.25, 0.3) is 0 Å². The van der Waals surface area contributed by atoms with Crippen LogP contribution in [0.4, 0.5) is 20.6 Å². The summed E-state index contributed by atoms with van der Waals surface area (Å²) in [4.78, 5) is 15.4. The lowest BCUT2D eigenvalue weighted by atomic mass is 10.2. The van der Waals surface area contributed by atoms with Gasteiger partial charge in [0.2, 0.25) is 10.0 Å². The number of amides is 1. The Hall–Kier alpha value is -2.73. The number of rotatable bonds is 6. The summed E-state index contributed by atoms with van der Waals surface area (Å²) in [7, 11) is -3.31. The van der Waals surface area contributed by atoms with Gasteiger partial charge in [-0.3, -0.25) is 4.90 Å². The van der Waals surface area contributed by atoms with E-state index in [0.717, 1.165) is 6.26 Å². The fourth-order valence-electron chi connectivity index (χ4n) is 3.66. The number of hydrogen-bond donors (Lipinski definition) is 1. The van der Waals surface area contributed by atoms with E-state index in [1.54, 1.807) is 27.9 Å². The predicted octanol–water partition coefficient (Wildman–Crippen LogP) is 0.570. The van der Waals surface area contributed by atoms with Gasteiger partial charge in [-0.05, 0) is 24.6 Å². The summed E-state index contributed by atoms with van der Waals surface area (Å²) in [5.74, 6) is -0.477. The number of carbonyl (C=O) groups excluding carboxylic acids is 1. The van der Waals surface area contributed by atoms with Gasteiger partial charge in [0.1, 0.15) is 11.9 Å². The lowest BCUT2D eigenvalue weighted by molar-refractivity contribution is 0.129. The summed E-state index contributed by atoms with van der Waals surface area (Å²) >= 11 is 0. The summed E-state index contributed by atoms with van der Waals surface area (Å²) < 4.78 is 47.0. The molecule has 0 radical (unpaired) electrons. The smallest absolute Gasteiger partial charge is 0.414 e. The van der Waals surface area contributed by atoms with E-state index < -0.39 is 28.0 Å². The number of benzene rings is 1. The van der Waals surface area contributed by atoms with Crippen LogP contribution in [0.5, 0.6) is 0 Å². The highest BCUT2D eigenvalue weighted by molar-refractivity contribution is 7.88. The third-order valence-corrected chi connectivity index (χ3v) is 5.65. The average Bonchev–Trinajstić information content (AvgIpc) is 3.36. The highest BCUT2D eigenvalue weighted by atomic mass is 32.2. The topological polar surface area (TPSA) is 110 Å². The minimum Gasteiger partial charge on any atom is -0.442 e. The molecule has 2 aromatic rings. The molecule has 10 nitrogen and oxygen atoms in total. The first kappa shape index (κ1) is 19.6. The molecule has 2 aliphatic heterocycles. The van der Waals surface area contributed by atoms with Crippen molar-refractivity contribution in [3.63, 3.8) is 0 Å². The highest BCUT2D eigenvalue weighted by Crippen LogP contribution is 2.30. The molecule has 29 heavy (non-hydrogen) atoms. The van der Waals surface area contributed by atoms with Gasteiger partial charge in [-0.1, -0.05) is 5.21 Å². The summed E-state index contributed by atoms with van der Waals surface area (Å²) in [5.41, 5.74) is 0.778. The molecular weight excluding hydrogens is 403 g/mol. The number of nitrogens with zero attached hydrogens (tertiary/aromatic N) is 5. The molecule has 3 heterocycles. The second kappa shape index (κ2) is 7.59. The van der Waals surface area contributed by atoms with E-state index in [1.807, 2.05) is 0 Å². The van der Waals surface area contributed by atoms with Gasteiger partial charge < -0.3 is 9.64 Å². The monoisotopic (exact) mass is 424 g/mol. The first-order valence-corrected chi connectivity index (χ1v) is 11.0. The van der Waals surface area contributed by atoms with Gasteiger partial charge in [-0.25, -0.2) is 27.0 Å². The fourth-order valence-corrected chi connectivity index (χ4v) is 4.46. The number of ether oxygens (including phenoxy) is 1. The summed E-state index contributed by atoms with van der Waals surface area (Å²) in [5, 5.41) is 7.56. The number of aromatic nitrogens is 3. The number of cyclic esters (lactones) is 1. The molecule has 0 saturated carbocycles. The van der Waals surface area contributed by atoms with Crippen molar-refractivity contribution in [3.05, 3.63) is 36.4 Å². The van der Waals surface area contributed by atoms with Gasteiger partial charge in [0, 0.05) is 25.3 Å². The van der Waals surface area contributed by atoms with Crippen molar-refractivity contribution in [2.24, 2.45) is 0 Å². The quantitative estimate of drug-likeness (QED) is 0.722. The van der Waals surface area contributed by atoms with E-state index in [9.17, 15) is 17.6 Å². The van der Waals surface area contributed by atoms with Gasteiger partial charge in [0.15, 0.2) is 0 Å². The number of sulfonamides is 1. The molecule has 1 aromatic heterocycles. The van der Waals surface area contributed by atoms with Crippen LogP contribution >= 0.6 is 0 Å². The summed E-state index contributed by atoms with van der Waals surface area (Å²) in [6.07, 6.45) is 3.96. The van der Waals surface area contributed by atoms with Crippen LogP contribution in [-0.2, 0) is 21.3 Å². The summed E-state index contributed by atoms with van der Waals surface area (Å²) in [6.45, 7) is 1.57. The van der Waals surface area contributed by atoms with E-state index >= 15 is 0 Å². The standard InChI is InChI=1S/C17H21FN6O4S/c1-29(26,27)20-12-4-6-22(9-12)16-3-2-13(8-15(16)18)24-11-14(28-17(24)25)10-23-7-5-19-21-23/h2-3,5,7-8,12,14,20H,4,6,9-11H2,1H3/t12-,14-/m0/s1. The molecule has 2 atom stereocenters. The van der Waals surface area contributed by atoms with E-state index in [-0.39, 0.29) is 12.6 Å². The maximum Gasteiger partial charge on any atom is 0.414 e. The van der Waals surface area contributed by atoms with Gasteiger partial charge >= 0.3 is 6.09 Å². The van der Waals surface area contributed by atoms with Crippen molar-refractivity contribution >= 4 is 27.5 Å². The van der Waals surface area contributed by atoms with Crippen LogP contribution in [0.1, 0.15) is 6.42 Å². The molecule has 0 unspecified atom stereocenters. The zero-order chi connectivity index (χ0) is 20.6. The van der Waals surface area contributed by atoms with E-state index in [4.69, 9.17) is 4.74 Å². The minimum atomic E-state index is -3.31. The molecule has 0 bridgehead atoms. The molecule has 12 heteroatoms. The zero-order valence-electron chi connectivity index (χ0n) is 15.7. The third kappa shape index (κ3) is 4.48. The molecule has 4 rings (SSSR count). The Kier molecular flexibility index (Phi) is 5.13. The first-order valence-electron chi connectivity index (χ1n) is 9.12. The van der Waals surface area contributed by atoms with E-state index in [2.05, 4.69) is 15.0 Å². The molecule has 2 saturated heterocycles. The number of carbonyl (C=O) groups is 1. The minimum absolute atomic E-state index is 0.254. The van der Waals surface area contributed by atoms with Gasteiger partial charge in [-0.2, -0.15) is 0 Å². The Morgan fingerprint density at radius 2 is 2.17 bits per heavy atom. The zero-order valence-corrected chi connectivity index (χ0v) is 16.5. The Balaban J connectivity index is 1.43. The molecular formula is C17H21FN6O4S. The van der Waals surface area contributed by atoms with Crippen LogP contribution in [0, 0.1) is 5.82 Å². The lowest BCUT2D eigenvalue weighted by Gasteiger charge is -2.21. The van der Waals surface area contributed by atoms with Crippen LogP contribution in [0.3, 0.4) is 0 Å². The Bertz CT molecular complexity index is 999. The molecule has 156 valence electrons. The van der Waals surface area contributed by atoms with Gasteiger partial charge in [0.05, 0.1) is 36.9 Å². The number of halogens is 1. The average molecular weight is 424 g/mol. The Morgan fingerprint density at radius 1 is 1.34 bits per heavy atom. The second-order valence-corrected chi connectivity index (χ2v) is 8.98. The number of nitrogens with one attached hydrogen (secondary N) is 1. The highest BCUT2D eigenvalue weighted by Gasteiger charge is 2.34. The van der Waals surface area contributed by atoms with Crippen molar-refractivity contribution in [1.29, 1.82) is 0 Å². The fraction of sp³-hybridized carbons (Fsp3) is 0.471.